The summed E-state index contributed by atoms with van der Waals surface area (Å²) in [6, 6.07) is 22.4. The average Bonchev–Trinajstić information content (AvgIpc) is 2.85. The van der Waals surface area contributed by atoms with Crippen molar-refractivity contribution in [3.05, 3.63) is 84.2 Å². The Hall–Kier alpha value is -3.18. The molecule has 1 fully saturated rings. The number of hydrogen-bond acceptors (Lipinski definition) is 4. The molecule has 0 spiro atoms. The van der Waals surface area contributed by atoms with E-state index in [0.29, 0.717) is 26.2 Å². The molecular formula is C27H30N2O3. The molecule has 3 aromatic rings. The van der Waals surface area contributed by atoms with Crippen molar-refractivity contribution in [1.29, 1.82) is 0 Å². The molecule has 0 aliphatic carbocycles. The number of pyridine rings is 1. The highest BCUT2D eigenvalue weighted by atomic mass is 16.5. The van der Waals surface area contributed by atoms with Gasteiger partial charge in [0.2, 0.25) is 5.91 Å². The van der Waals surface area contributed by atoms with Gasteiger partial charge in [-0.15, -0.1) is 0 Å². The Bertz CT molecular complexity index is 1030. The van der Waals surface area contributed by atoms with Crippen molar-refractivity contribution in [2.45, 2.75) is 25.7 Å². The van der Waals surface area contributed by atoms with E-state index in [9.17, 15) is 4.79 Å². The van der Waals surface area contributed by atoms with Crippen molar-refractivity contribution in [2.24, 2.45) is 5.41 Å². The van der Waals surface area contributed by atoms with Gasteiger partial charge >= 0.3 is 0 Å². The van der Waals surface area contributed by atoms with Crippen LogP contribution in [0.5, 0.6) is 5.75 Å². The standard InChI is InChI=1S/C27H30N2O3/c1-31-25-10-5-8-23(19-25)22-7-4-6-21(18-22)20-27(12-16-32-17-13-27)26(30)29-15-11-24-9-2-3-14-28-24/h2-10,14,18-19H,11-13,15-17,20H2,1H3,(H,29,30). The quantitative estimate of drug-likeness (QED) is 0.573. The van der Waals surface area contributed by atoms with Crippen LogP contribution in [0.4, 0.5) is 0 Å². The van der Waals surface area contributed by atoms with Gasteiger partial charge in [0.15, 0.2) is 0 Å². The smallest absolute Gasteiger partial charge is 0.226 e. The van der Waals surface area contributed by atoms with Gasteiger partial charge in [-0.1, -0.05) is 42.5 Å². The van der Waals surface area contributed by atoms with E-state index in [1.807, 2.05) is 36.4 Å². The maximum Gasteiger partial charge on any atom is 0.226 e. The molecule has 5 nitrogen and oxygen atoms in total. The van der Waals surface area contributed by atoms with Crippen molar-refractivity contribution in [2.75, 3.05) is 26.9 Å². The molecule has 0 atom stereocenters. The van der Waals surface area contributed by atoms with Crippen LogP contribution in [0, 0.1) is 5.41 Å². The normalized spacial score (nSPS) is 15.2. The number of aromatic nitrogens is 1. The van der Waals surface area contributed by atoms with Crippen LogP contribution in [0.15, 0.2) is 72.9 Å². The number of carbonyl (C=O) groups excluding carboxylic acids is 1. The summed E-state index contributed by atoms with van der Waals surface area (Å²) in [5.74, 6) is 0.949. The highest BCUT2D eigenvalue weighted by molar-refractivity contribution is 5.83. The Morgan fingerprint density at radius 2 is 1.81 bits per heavy atom. The van der Waals surface area contributed by atoms with Crippen LogP contribution >= 0.6 is 0 Å². The van der Waals surface area contributed by atoms with Crippen LogP contribution in [0.3, 0.4) is 0 Å². The molecule has 1 saturated heterocycles. The number of hydrogen-bond donors (Lipinski definition) is 1. The zero-order valence-corrected chi connectivity index (χ0v) is 18.5. The lowest BCUT2D eigenvalue weighted by atomic mass is 9.74. The second-order valence-corrected chi connectivity index (χ2v) is 8.33. The SMILES string of the molecule is COc1cccc(-c2cccc(CC3(C(=O)NCCc4ccccn4)CCOCC3)c2)c1. The topological polar surface area (TPSA) is 60.5 Å². The number of carbonyl (C=O) groups is 1. The van der Waals surface area contributed by atoms with Gasteiger partial charge in [-0.05, 0) is 60.2 Å². The predicted molar refractivity (Wildman–Crippen MR) is 126 cm³/mol. The maximum absolute atomic E-state index is 13.3. The first-order valence-electron chi connectivity index (χ1n) is 11.2. The van der Waals surface area contributed by atoms with E-state index in [1.54, 1.807) is 13.3 Å². The van der Waals surface area contributed by atoms with Crippen molar-refractivity contribution in [3.8, 4) is 16.9 Å². The van der Waals surface area contributed by atoms with Crippen LogP contribution in [0.2, 0.25) is 0 Å². The van der Waals surface area contributed by atoms with E-state index < -0.39 is 5.41 Å². The van der Waals surface area contributed by atoms with Crippen LogP contribution in [0.1, 0.15) is 24.1 Å². The molecule has 5 heteroatoms. The van der Waals surface area contributed by atoms with E-state index in [-0.39, 0.29) is 5.91 Å². The summed E-state index contributed by atoms with van der Waals surface area (Å²) in [5.41, 5.74) is 3.92. The molecule has 2 aromatic carbocycles. The third kappa shape index (κ3) is 5.35. The Morgan fingerprint density at radius 3 is 2.56 bits per heavy atom. The zero-order chi connectivity index (χ0) is 22.2. The number of benzene rings is 2. The Balaban J connectivity index is 1.49. The molecule has 32 heavy (non-hydrogen) atoms. The summed E-state index contributed by atoms with van der Waals surface area (Å²) in [4.78, 5) is 17.7. The van der Waals surface area contributed by atoms with E-state index in [0.717, 1.165) is 47.4 Å². The molecule has 1 N–H and O–H groups in total. The summed E-state index contributed by atoms with van der Waals surface area (Å²) in [7, 11) is 1.68. The number of rotatable bonds is 8. The van der Waals surface area contributed by atoms with Gasteiger partial charge in [0.05, 0.1) is 12.5 Å². The van der Waals surface area contributed by atoms with Crippen molar-refractivity contribution < 1.29 is 14.3 Å². The Kier molecular flexibility index (Phi) is 7.17. The molecule has 4 rings (SSSR count). The summed E-state index contributed by atoms with van der Waals surface area (Å²) in [5, 5.41) is 3.17. The molecule has 1 amide bonds. The Labute approximate surface area is 189 Å². The first-order chi connectivity index (χ1) is 15.7. The molecule has 2 heterocycles. The van der Waals surface area contributed by atoms with Crippen LogP contribution in [0.25, 0.3) is 11.1 Å². The fourth-order valence-corrected chi connectivity index (χ4v) is 4.34. The van der Waals surface area contributed by atoms with E-state index in [1.165, 1.54) is 0 Å². The van der Waals surface area contributed by atoms with Crippen LogP contribution in [-0.2, 0) is 22.4 Å². The predicted octanol–water partition coefficient (Wildman–Crippen LogP) is 4.46. The first-order valence-corrected chi connectivity index (χ1v) is 11.2. The molecule has 1 aliphatic heterocycles. The molecule has 0 unspecified atom stereocenters. The van der Waals surface area contributed by atoms with Crippen molar-refractivity contribution >= 4 is 5.91 Å². The summed E-state index contributed by atoms with van der Waals surface area (Å²) in [6.45, 7) is 1.81. The zero-order valence-electron chi connectivity index (χ0n) is 18.5. The van der Waals surface area contributed by atoms with E-state index in [2.05, 4.69) is 40.6 Å². The number of methoxy groups -OCH3 is 1. The van der Waals surface area contributed by atoms with E-state index in [4.69, 9.17) is 9.47 Å². The van der Waals surface area contributed by atoms with Crippen molar-refractivity contribution in [1.82, 2.24) is 10.3 Å². The molecule has 166 valence electrons. The van der Waals surface area contributed by atoms with Gasteiger partial charge in [-0.2, -0.15) is 0 Å². The van der Waals surface area contributed by atoms with Crippen LogP contribution < -0.4 is 10.1 Å². The third-order valence-electron chi connectivity index (χ3n) is 6.20. The lowest BCUT2D eigenvalue weighted by Crippen LogP contribution is -2.46. The third-order valence-corrected chi connectivity index (χ3v) is 6.20. The molecule has 0 radical (unpaired) electrons. The molecule has 0 saturated carbocycles. The highest BCUT2D eigenvalue weighted by Crippen LogP contribution is 2.36. The van der Waals surface area contributed by atoms with Gasteiger partial charge in [-0.3, -0.25) is 9.78 Å². The molecular weight excluding hydrogens is 400 g/mol. The summed E-state index contributed by atoms with van der Waals surface area (Å²) in [6.07, 6.45) is 4.66. The van der Waals surface area contributed by atoms with E-state index >= 15 is 0 Å². The monoisotopic (exact) mass is 430 g/mol. The maximum atomic E-state index is 13.3. The molecule has 0 bridgehead atoms. The lowest BCUT2D eigenvalue weighted by Gasteiger charge is -2.36. The minimum absolute atomic E-state index is 0.114. The lowest BCUT2D eigenvalue weighted by molar-refractivity contribution is -0.136. The molecule has 1 aliphatic rings. The van der Waals surface area contributed by atoms with Gasteiger partial charge in [0.25, 0.3) is 0 Å². The summed E-state index contributed by atoms with van der Waals surface area (Å²) < 4.78 is 11.0. The van der Waals surface area contributed by atoms with Gasteiger partial charge in [0, 0.05) is 38.1 Å². The summed E-state index contributed by atoms with van der Waals surface area (Å²) >= 11 is 0. The highest BCUT2D eigenvalue weighted by Gasteiger charge is 2.39. The number of nitrogens with one attached hydrogen (secondary N) is 1. The Morgan fingerprint density at radius 1 is 1.03 bits per heavy atom. The van der Waals surface area contributed by atoms with Crippen molar-refractivity contribution in [3.63, 3.8) is 0 Å². The second-order valence-electron chi connectivity index (χ2n) is 8.33. The number of nitrogens with zero attached hydrogens (tertiary/aromatic N) is 1. The fraction of sp³-hybridized carbons (Fsp3) is 0.333. The van der Waals surface area contributed by atoms with Crippen LogP contribution in [-0.4, -0.2) is 37.8 Å². The fourth-order valence-electron chi connectivity index (χ4n) is 4.34. The van der Waals surface area contributed by atoms with Gasteiger partial charge < -0.3 is 14.8 Å². The minimum atomic E-state index is -0.449. The average molecular weight is 431 g/mol. The number of amides is 1. The largest absolute Gasteiger partial charge is 0.497 e. The van der Waals surface area contributed by atoms with Gasteiger partial charge in [0.1, 0.15) is 5.75 Å². The number of ether oxygens (including phenoxy) is 2. The second kappa shape index (κ2) is 10.4. The first kappa shape index (κ1) is 22.0. The van der Waals surface area contributed by atoms with Gasteiger partial charge in [-0.25, -0.2) is 0 Å². The minimum Gasteiger partial charge on any atom is -0.497 e. The molecule has 1 aromatic heterocycles.